The van der Waals surface area contributed by atoms with Gasteiger partial charge in [0.2, 0.25) is 0 Å². The fourth-order valence-corrected chi connectivity index (χ4v) is 2.03. The van der Waals surface area contributed by atoms with Crippen molar-refractivity contribution in [2.24, 2.45) is 0 Å². The quantitative estimate of drug-likeness (QED) is 0.412. The van der Waals surface area contributed by atoms with Gasteiger partial charge in [-0.05, 0) is 12.1 Å². The first-order valence-electron chi connectivity index (χ1n) is 3.37. The number of benzene rings is 1. The van der Waals surface area contributed by atoms with Crippen molar-refractivity contribution >= 4 is 34.4 Å². The first-order chi connectivity index (χ1) is 6.00. The Hall–Kier alpha value is -0.590. The van der Waals surface area contributed by atoms with E-state index in [4.69, 9.17) is 11.6 Å². The molecular formula is C7H4ClNO3S. The van der Waals surface area contributed by atoms with Crippen LogP contribution >= 0.6 is 23.5 Å². The van der Waals surface area contributed by atoms with Gasteiger partial charge in [0.1, 0.15) is 5.56 Å². The Bertz CT molecular complexity index is 393. The zero-order valence-electron chi connectivity index (χ0n) is 6.23. The lowest BCUT2D eigenvalue weighted by molar-refractivity contribution is 0.0767. The summed E-state index contributed by atoms with van der Waals surface area (Å²) in [6, 6.07) is 4.23. The summed E-state index contributed by atoms with van der Waals surface area (Å²) in [6.07, 6.45) is 0. The van der Waals surface area contributed by atoms with Crippen LogP contribution < -0.4 is 4.21 Å². The topological polar surface area (TPSA) is 60.4 Å². The van der Waals surface area contributed by atoms with Gasteiger partial charge in [-0.15, -0.1) is 4.21 Å². The molecule has 4 nitrogen and oxygen atoms in total. The summed E-state index contributed by atoms with van der Waals surface area (Å²) >= 11 is 5.92. The maximum Gasteiger partial charge on any atom is 0.286 e. The number of carbonyl (C=O) groups is 1. The molecule has 0 fully saturated rings. The SMILES string of the molecule is O=C1S[N+]([O-])(O)c2cc(Cl)ccc21. The second kappa shape index (κ2) is 2.70. The van der Waals surface area contributed by atoms with E-state index in [1.165, 1.54) is 18.2 Å². The van der Waals surface area contributed by atoms with Crippen molar-refractivity contribution in [3.05, 3.63) is 34.0 Å². The van der Waals surface area contributed by atoms with E-state index < -0.39 is 9.33 Å². The molecule has 1 aliphatic heterocycles. The molecular weight excluding hydrogens is 214 g/mol. The van der Waals surface area contributed by atoms with Gasteiger partial charge in [0.25, 0.3) is 5.12 Å². The van der Waals surface area contributed by atoms with E-state index in [-0.39, 0.29) is 11.3 Å². The minimum Gasteiger partial charge on any atom is -0.581 e. The number of hydrogen-bond donors (Lipinski definition) is 1. The Labute approximate surface area is 83.0 Å². The molecule has 2 rings (SSSR count). The predicted octanol–water partition coefficient (Wildman–Crippen LogP) is 2.34. The lowest BCUT2D eigenvalue weighted by atomic mass is 10.2. The van der Waals surface area contributed by atoms with Gasteiger partial charge in [0.15, 0.2) is 17.6 Å². The maximum absolute atomic E-state index is 11.3. The smallest absolute Gasteiger partial charge is 0.286 e. The Balaban J connectivity index is 2.66. The predicted molar refractivity (Wildman–Crippen MR) is 50.3 cm³/mol. The van der Waals surface area contributed by atoms with Crippen LogP contribution in [0.5, 0.6) is 0 Å². The lowest BCUT2D eigenvalue weighted by Crippen LogP contribution is -2.27. The van der Waals surface area contributed by atoms with Crippen molar-refractivity contribution in [1.29, 1.82) is 0 Å². The molecule has 1 aromatic carbocycles. The third-order valence-corrected chi connectivity index (χ3v) is 2.76. The van der Waals surface area contributed by atoms with Gasteiger partial charge in [-0.2, -0.15) is 5.21 Å². The van der Waals surface area contributed by atoms with Crippen LogP contribution in [0.25, 0.3) is 0 Å². The molecule has 0 radical (unpaired) electrons. The number of halogens is 1. The molecule has 1 atom stereocenters. The van der Waals surface area contributed by atoms with E-state index in [1.54, 1.807) is 0 Å². The summed E-state index contributed by atoms with van der Waals surface area (Å²) < 4.78 is -1.73. The highest BCUT2D eigenvalue weighted by Crippen LogP contribution is 2.43. The summed E-state index contributed by atoms with van der Waals surface area (Å²) in [5.41, 5.74) is 0.203. The van der Waals surface area contributed by atoms with Crippen LogP contribution in [0.2, 0.25) is 5.02 Å². The Morgan fingerprint density at radius 2 is 2.23 bits per heavy atom. The zero-order valence-corrected chi connectivity index (χ0v) is 7.80. The van der Waals surface area contributed by atoms with Crippen LogP contribution in [-0.2, 0) is 0 Å². The molecule has 0 amide bonds. The van der Waals surface area contributed by atoms with E-state index in [2.05, 4.69) is 0 Å². The van der Waals surface area contributed by atoms with E-state index >= 15 is 0 Å². The second-order valence-corrected chi connectivity index (χ2v) is 4.05. The Kier molecular flexibility index (Phi) is 1.86. The highest BCUT2D eigenvalue weighted by molar-refractivity contribution is 8.14. The first kappa shape index (κ1) is 8.98. The largest absolute Gasteiger partial charge is 0.581 e. The Morgan fingerprint density at radius 1 is 1.54 bits per heavy atom. The molecule has 1 N–H and O–H groups in total. The van der Waals surface area contributed by atoms with Crippen molar-refractivity contribution in [1.82, 2.24) is 4.21 Å². The molecule has 1 aromatic rings. The maximum atomic E-state index is 11.3. The van der Waals surface area contributed by atoms with Crippen molar-refractivity contribution in [2.45, 2.75) is 0 Å². The second-order valence-electron chi connectivity index (χ2n) is 2.56. The average molecular weight is 218 g/mol. The average Bonchev–Trinajstić information content (AvgIpc) is 2.23. The van der Waals surface area contributed by atoms with E-state index in [0.717, 1.165) is 0 Å². The molecule has 1 heterocycles. The van der Waals surface area contributed by atoms with Crippen molar-refractivity contribution in [3.63, 3.8) is 0 Å². The molecule has 13 heavy (non-hydrogen) atoms. The normalized spacial score (nSPS) is 26.2. The third-order valence-electron chi connectivity index (χ3n) is 1.69. The number of fused-ring (bicyclic) bond motifs is 1. The summed E-state index contributed by atoms with van der Waals surface area (Å²) in [5.74, 6) is 0. The molecule has 0 saturated heterocycles. The van der Waals surface area contributed by atoms with E-state index in [1.807, 2.05) is 0 Å². The van der Waals surface area contributed by atoms with Gasteiger partial charge < -0.3 is 5.21 Å². The first-order valence-corrected chi connectivity index (χ1v) is 4.53. The molecule has 0 aliphatic carbocycles. The molecule has 0 spiro atoms. The molecule has 0 aromatic heterocycles. The lowest BCUT2D eigenvalue weighted by Gasteiger charge is -2.23. The highest BCUT2D eigenvalue weighted by Gasteiger charge is 2.40. The van der Waals surface area contributed by atoms with Gasteiger partial charge in [-0.25, -0.2) is 0 Å². The van der Waals surface area contributed by atoms with Gasteiger partial charge in [-0.3, -0.25) is 4.79 Å². The molecule has 0 saturated carbocycles. The van der Waals surface area contributed by atoms with Crippen LogP contribution in [-0.4, -0.2) is 10.3 Å². The van der Waals surface area contributed by atoms with Gasteiger partial charge in [0, 0.05) is 11.1 Å². The Morgan fingerprint density at radius 3 is 2.92 bits per heavy atom. The summed E-state index contributed by atoms with van der Waals surface area (Å²) in [6.45, 7) is 0. The van der Waals surface area contributed by atoms with E-state index in [0.29, 0.717) is 17.0 Å². The molecule has 6 heteroatoms. The highest BCUT2D eigenvalue weighted by atomic mass is 35.5. The van der Waals surface area contributed by atoms with Crippen molar-refractivity contribution in [2.75, 3.05) is 0 Å². The van der Waals surface area contributed by atoms with Gasteiger partial charge in [-0.1, -0.05) is 11.6 Å². The van der Waals surface area contributed by atoms with Crippen molar-refractivity contribution < 1.29 is 10.0 Å². The molecule has 1 aliphatic rings. The minimum atomic E-state index is -1.73. The molecule has 68 valence electrons. The monoisotopic (exact) mass is 217 g/mol. The van der Waals surface area contributed by atoms with Gasteiger partial charge >= 0.3 is 0 Å². The summed E-state index contributed by atoms with van der Waals surface area (Å²) in [4.78, 5) is 11.1. The summed E-state index contributed by atoms with van der Waals surface area (Å²) in [5, 5.41) is 20.4. The van der Waals surface area contributed by atoms with Crippen LogP contribution in [0.3, 0.4) is 0 Å². The number of rotatable bonds is 0. The zero-order chi connectivity index (χ0) is 9.64. The summed E-state index contributed by atoms with van der Waals surface area (Å²) in [7, 11) is 0. The van der Waals surface area contributed by atoms with Crippen LogP contribution in [0.1, 0.15) is 10.4 Å². The standard InChI is InChI=1S/C7H4ClNO3S/c8-4-1-2-5-6(3-4)9(11,12)13-7(5)10/h1-3,11H. The number of quaternary nitrogens is 1. The van der Waals surface area contributed by atoms with Crippen molar-refractivity contribution in [3.8, 4) is 0 Å². The van der Waals surface area contributed by atoms with Crippen LogP contribution in [0.15, 0.2) is 18.2 Å². The number of hydrogen-bond acceptors (Lipinski definition) is 4. The van der Waals surface area contributed by atoms with E-state index in [9.17, 15) is 15.2 Å². The van der Waals surface area contributed by atoms with Crippen LogP contribution in [0.4, 0.5) is 5.69 Å². The number of nitrogens with zero attached hydrogens (tertiary/aromatic N) is 1. The fraction of sp³-hybridized carbons (Fsp3) is 0. The molecule has 0 bridgehead atoms. The van der Waals surface area contributed by atoms with Crippen LogP contribution in [0, 0.1) is 5.21 Å². The van der Waals surface area contributed by atoms with Gasteiger partial charge in [0.05, 0.1) is 0 Å². The third kappa shape index (κ3) is 1.34. The number of carbonyl (C=O) groups excluding carboxylic acids is 1. The fourth-order valence-electron chi connectivity index (χ4n) is 1.12. The molecule has 1 unspecified atom stereocenters. The minimum absolute atomic E-state index is 0.0116.